The third-order valence-corrected chi connectivity index (χ3v) is 1.89. The standard InChI is InChI=1S/C13H10O3.Fe/c14-13(15-11-7-3-1-4-8-11)16-12-9-5-2-6-10-12;/h1-10H;. The molecule has 2 aromatic rings. The molecule has 3 nitrogen and oxygen atoms in total. The predicted molar refractivity (Wildman–Crippen MR) is 59.5 cm³/mol. The second-order valence-electron chi connectivity index (χ2n) is 3.08. The van der Waals surface area contributed by atoms with E-state index in [2.05, 4.69) is 0 Å². The molecule has 0 saturated heterocycles. The van der Waals surface area contributed by atoms with E-state index in [4.69, 9.17) is 9.47 Å². The third-order valence-electron chi connectivity index (χ3n) is 1.89. The second-order valence-corrected chi connectivity index (χ2v) is 3.08. The molecule has 0 unspecified atom stereocenters. The first-order valence-corrected chi connectivity index (χ1v) is 4.84. The van der Waals surface area contributed by atoms with Crippen LogP contribution in [0.25, 0.3) is 0 Å². The average Bonchev–Trinajstić information content (AvgIpc) is 2.31. The van der Waals surface area contributed by atoms with Gasteiger partial charge in [0, 0.05) is 17.1 Å². The molecule has 4 heteroatoms. The van der Waals surface area contributed by atoms with E-state index in [1.54, 1.807) is 48.5 Å². The van der Waals surface area contributed by atoms with E-state index in [0.717, 1.165) is 0 Å². The first kappa shape index (κ1) is 13.3. The Labute approximate surface area is 110 Å². The third kappa shape index (κ3) is 4.31. The van der Waals surface area contributed by atoms with Crippen LogP contribution in [0.2, 0.25) is 0 Å². The van der Waals surface area contributed by atoms with E-state index in [0.29, 0.717) is 11.5 Å². The summed E-state index contributed by atoms with van der Waals surface area (Å²) in [6, 6.07) is 17.6. The van der Waals surface area contributed by atoms with Crippen LogP contribution >= 0.6 is 0 Å². The fourth-order valence-electron chi connectivity index (χ4n) is 1.19. The molecule has 2 rings (SSSR count). The van der Waals surface area contributed by atoms with Crippen molar-refractivity contribution < 1.29 is 31.3 Å². The summed E-state index contributed by atoms with van der Waals surface area (Å²) < 4.78 is 9.91. The Morgan fingerprint density at radius 1 is 0.706 bits per heavy atom. The molecule has 0 aliphatic heterocycles. The number of hydrogen-bond acceptors (Lipinski definition) is 3. The summed E-state index contributed by atoms with van der Waals surface area (Å²) in [6.45, 7) is 0. The van der Waals surface area contributed by atoms with Crippen LogP contribution in [-0.2, 0) is 17.1 Å². The molecule has 0 aliphatic rings. The molecule has 0 atom stereocenters. The van der Waals surface area contributed by atoms with E-state index >= 15 is 0 Å². The molecule has 0 amide bonds. The topological polar surface area (TPSA) is 35.5 Å². The maximum Gasteiger partial charge on any atom is 0.519 e. The minimum Gasteiger partial charge on any atom is -0.395 e. The van der Waals surface area contributed by atoms with Crippen molar-refractivity contribution in [2.24, 2.45) is 0 Å². The van der Waals surface area contributed by atoms with Crippen LogP contribution in [0, 0.1) is 0 Å². The average molecular weight is 270 g/mol. The zero-order chi connectivity index (χ0) is 11.2. The number of benzene rings is 2. The number of hydrogen-bond donors (Lipinski definition) is 0. The van der Waals surface area contributed by atoms with Gasteiger partial charge in [0.2, 0.25) is 0 Å². The van der Waals surface area contributed by atoms with Crippen molar-refractivity contribution >= 4 is 6.16 Å². The van der Waals surface area contributed by atoms with Crippen LogP contribution in [0.5, 0.6) is 11.5 Å². The van der Waals surface area contributed by atoms with Crippen LogP contribution in [0.15, 0.2) is 60.7 Å². The van der Waals surface area contributed by atoms with Crippen molar-refractivity contribution in [3.05, 3.63) is 60.7 Å². The maximum atomic E-state index is 11.3. The van der Waals surface area contributed by atoms with Crippen LogP contribution < -0.4 is 9.47 Å². The van der Waals surface area contributed by atoms with Crippen LogP contribution in [-0.4, -0.2) is 6.16 Å². The van der Waals surface area contributed by atoms with Gasteiger partial charge in [0.05, 0.1) is 0 Å². The zero-order valence-corrected chi connectivity index (χ0v) is 9.96. The molecule has 0 bridgehead atoms. The smallest absolute Gasteiger partial charge is 0.395 e. The molecule has 88 valence electrons. The van der Waals surface area contributed by atoms with Crippen molar-refractivity contribution in [3.8, 4) is 11.5 Å². The molecule has 0 N–H and O–H groups in total. The van der Waals surface area contributed by atoms with Crippen molar-refractivity contribution in [2.75, 3.05) is 0 Å². The summed E-state index contributed by atoms with van der Waals surface area (Å²) in [6.07, 6.45) is -0.739. The molecule has 0 fully saturated rings. The normalized spacial score (nSPS) is 8.94. The van der Waals surface area contributed by atoms with Gasteiger partial charge in [-0.05, 0) is 24.3 Å². The molecule has 0 aromatic heterocycles. The van der Waals surface area contributed by atoms with Crippen molar-refractivity contribution in [2.45, 2.75) is 0 Å². The Bertz CT molecular complexity index is 413. The van der Waals surface area contributed by atoms with Crippen molar-refractivity contribution in [1.29, 1.82) is 0 Å². The minimum absolute atomic E-state index is 0. The van der Waals surface area contributed by atoms with Gasteiger partial charge < -0.3 is 9.47 Å². The molecular formula is C13H10FeO3. The van der Waals surface area contributed by atoms with E-state index in [1.807, 2.05) is 12.1 Å². The molecular weight excluding hydrogens is 260 g/mol. The van der Waals surface area contributed by atoms with E-state index in [1.165, 1.54) is 0 Å². The summed E-state index contributed by atoms with van der Waals surface area (Å²) in [5.74, 6) is 0.923. The number of rotatable bonds is 2. The predicted octanol–water partition coefficient (Wildman–Crippen LogP) is 3.26. The molecule has 0 saturated carbocycles. The Balaban J connectivity index is 0.00000144. The minimum atomic E-state index is -0.739. The van der Waals surface area contributed by atoms with E-state index in [9.17, 15) is 4.79 Å². The molecule has 0 heterocycles. The fraction of sp³-hybridized carbons (Fsp3) is 0. The van der Waals surface area contributed by atoms with Gasteiger partial charge in [0.1, 0.15) is 11.5 Å². The van der Waals surface area contributed by atoms with Gasteiger partial charge in [-0.15, -0.1) is 0 Å². The van der Waals surface area contributed by atoms with Gasteiger partial charge in [-0.3, -0.25) is 0 Å². The molecule has 0 radical (unpaired) electrons. The molecule has 0 spiro atoms. The van der Waals surface area contributed by atoms with Gasteiger partial charge >= 0.3 is 6.16 Å². The Hall–Kier alpha value is -1.77. The Morgan fingerprint density at radius 2 is 1.06 bits per heavy atom. The number of carbonyl (C=O) groups is 1. The van der Waals surface area contributed by atoms with Crippen LogP contribution in [0.3, 0.4) is 0 Å². The first-order valence-electron chi connectivity index (χ1n) is 4.84. The molecule has 0 aliphatic carbocycles. The van der Waals surface area contributed by atoms with Gasteiger partial charge in [0.25, 0.3) is 0 Å². The Morgan fingerprint density at radius 3 is 1.41 bits per heavy atom. The monoisotopic (exact) mass is 270 g/mol. The van der Waals surface area contributed by atoms with Gasteiger partial charge in [0.15, 0.2) is 0 Å². The summed E-state index contributed by atoms with van der Waals surface area (Å²) in [7, 11) is 0. The number of para-hydroxylation sites is 2. The fourth-order valence-corrected chi connectivity index (χ4v) is 1.19. The van der Waals surface area contributed by atoms with Crippen LogP contribution in [0.1, 0.15) is 0 Å². The van der Waals surface area contributed by atoms with Crippen molar-refractivity contribution in [1.82, 2.24) is 0 Å². The quantitative estimate of drug-likeness (QED) is 0.477. The zero-order valence-electron chi connectivity index (χ0n) is 8.85. The maximum absolute atomic E-state index is 11.3. The number of ether oxygens (including phenoxy) is 2. The van der Waals surface area contributed by atoms with Gasteiger partial charge in [-0.2, -0.15) is 0 Å². The van der Waals surface area contributed by atoms with E-state index < -0.39 is 6.16 Å². The van der Waals surface area contributed by atoms with E-state index in [-0.39, 0.29) is 17.1 Å². The summed E-state index contributed by atoms with van der Waals surface area (Å²) in [5.41, 5.74) is 0. The summed E-state index contributed by atoms with van der Waals surface area (Å²) in [4.78, 5) is 11.3. The van der Waals surface area contributed by atoms with Crippen LogP contribution in [0.4, 0.5) is 4.79 Å². The molecule has 17 heavy (non-hydrogen) atoms. The molecule has 2 aromatic carbocycles. The Kier molecular flexibility index (Phi) is 5.27. The first-order chi connectivity index (χ1) is 7.84. The van der Waals surface area contributed by atoms with Gasteiger partial charge in [-0.25, -0.2) is 4.79 Å². The summed E-state index contributed by atoms with van der Waals surface area (Å²) >= 11 is 0. The van der Waals surface area contributed by atoms with Crippen molar-refractivity contribution in [3.63, 3.8) is 0 Å². The van der Waals surface area contributed by atoms with Gasteiger partial charge in [-0.1, -0.05) is 36.4 Å². The largest absolute Gasteiger partial charge is 0.519 e. The summed E-state index contributed by atoms with van der Waals surface area (Å²) in [5, 5.41) is 0. The number of carbonyl (C=O) groups excluding carboxylic acids is 1. The second kappa shape index (κ2) is 6.74. The SMILES string of the molecule is O=C(Oc1ccccc1)Oc1ccccc1.[Fe].